The second-order valence-corrected chi connectivity index (χ2v) is 9.39. The maximum atomic E-state index is 12.4. The molecule has 1 unspecified atom stereocenters. The monoisotopic (exact) mass is 390 g/mol. The molecule has 0 aromatic carbocycles. The molecule has 0 N–H and O–H groups in total. The molecule has 7 heteroatoms. The zero-order chi connectivity index (χ0) is 19.6. The first-order valence-electron chi connectivity index (χ1n) is 10.9. The lowest BCUT2D eigenvalue weighted by atomic mass is 9.72. The van der Waals surface area contributed by atoms with Crippen LogP contribution in [0.2, 0.25) is 0 Å². The summed E-state index contributed by atoms with van der Waals surface area (Å²) < 4.78 is 11.1. The fourth-order valence-electron chi connectivity index (χ4n) is 4.88. The van der Waals surface area contributed by atoms with Crippen molar-refractivity contribution in [2.75, 3.05) is 32.8 Å². The molecule has 156 valence electrons. The van der Waals surface area contributed by atoms with Crippen LogP contribution in [-0.4, -0.2) is 64.7 Å². The zero-order valence-electron chi connectivity index (χ0n) is 17.4. The Bertz CT molecular complexity index is 660. The Balaban J connectivity index is 1.28. The Hall–Kier alpha value is -1.47. The van der Waals surface area contributed by atoms with Crippen molar-refractivity contribution in [3.8, 4) is 0 Å². The summed E-state index contributed by atoms with van der Waals surface area (Å²) in [5, 5.41) is 4.15. The van der Waals surface area contributed by atoms with Gasteiger partial charge in [-0.2, -0.15) is 4.98 Å². The second-order valence-electron chi connectivity index (χ2n) is 9.39. The van der Waals surface area contributed by atoms with Crippen LogP contribution in [0.5, 0.6) is 0 Å². The minimum atomic E-state index is 0.248. The van der Waals surface area contributed by atoms with Gasteiger partial charge < -0.3 is 14.2 Å². The van der Waals surface area contributed by atoms with Crippen LogP contribution in [0.3, 0.4) is 0 Å². The van der Waals surface area contributed by atoms with Crippen LogP contribution in [0, 0.1) is 11.3 Å². The molecule has 3 aliphatic heterocycles. The molecular formula is C21H34N4O3. The molecule has 3 saturated heterocycles. The van der Waals surface area contributed by atoms with Gasteiger partial charge in [-0.15, -0.1) is 0 Å². The van der Waals surface area contributed by atoms with Crippen LogP contribution in [0.25, 0.3) is 0 Å². The van der Waals surface area contributed by atoms with Crippen molar-refractivity contribution in [1.82, 2.24) is 19.9 Å². The summed E-state index contributed by atoms with van der Waals surface area (Å²) in [5.41, 5.74) is 0.281. The van der Waals surface area contributed by atoms with Crippen molar-refractivity contribution >= 4 is 5.91 Å². The van der Waals surface area contributed by atoms with E-state index in [0.29, 0.717) is 18.2 Å². The highest BCUT2D eigenvalue weighted by molar-refractivity contribution is 5.77. The van der Waals surface area contributed by atoms with E-state index in [2.05, 4.69) is 33.8 Å². The van der Waals surface area contributed by atoms with Crippen molar-refractivity contribution in [1.29, 1.82) is 0 Å². The van der Waals surface area contributed by atoms with Crippen molar-refractivity contribution in [3.05, 3.63) is 11.7 Å². The number of nitrogens with zero attached hydrogens (tertiary/aromatic N) is 4. The highest BCUT2D eigenvalue weighted by Gasteiger charge is 2.41. The van der Waals surface area contributed by atoms with E-state index in [4.69, 9.17) is 9.26 Å². The van der Waals surface area contributed by atoms with Gasteiger partial charge in [-0.25, -0.2) is 0 Å². The Morgan fingerprint density at radius 3 is 2.79 bits per heavy atom. The lowest BCUT2D eigenvalue weighted by Gasteiger charge is -2.47. The summed E-state index contributed by atoms with van der Waals surface area (Å²) in [6.07, 6.45) is 7.30. The number of ether oxygens (including phenoxy) is 1. The lowest BCUT2D eigenvalue weighted by molar-refractivity contribution is -0.141. The first kappa shape index (κ1) is 19.8. The van der Waals surface area contributed by atoms with Gasteiger partial charge in [-0.05, 0) is 56.5 Å². The SMILES string of the molecule is CC(C)Cc1nc(CN2CCC3(CCC(=O)N(CC4CCCO4)C3)CC2)no1. The molecule has 1 aromatic rings. The fourth-order valence-corrected chi connectivity index (χ4v) is 4.88. The Labute approximate surface area is 167 Å². The third-order valence-corrected chi connectivity index (χ3v) is 6.57. The van der Waals surface area contributed by atoms with Gasteiger partial charge >= 0.3 is 0 Å². The minimum absolute atomic E-state index is 0.248. The van der Waals surface area contributed by atoms with Crippen molar-refractivity contribution in [3.63, 3.8) is 0 Å². The van der Waals surface area contributed by atoms with E-state index in [-0.39, 0.29) is 11.5 Å². The van der Waals surface area contributed by atoms with Gasteiger partial charge in [0.1, 0.15) is 0 Å². The predicted molar refractivity (Wildman–Crippen MR) is 105 cm³/mol. The van der Waals surface area contributed by atoms with Gasteiger partial charge in [0.2, 0.25) is 11.8 Å². The number of aromatic nitrogens is 2. The molecule has 28 heavy (non-hydrogen) atoms. The molecular weight excluding hydrogens is 356 g/mol. The smallest absolute Gasteiger partial charge is 0.226 e. The fraction of sp³-hybridized carbons (Fsp3) is 0.857. The summed E-state index contributed by atoms with van der Waals surface area (Å²) in [6.45, 7) is 9.69. The molecule has 0 aliphatic carbocycles. The first-order valence-corrected chi connectivity index (χ1v) is 10.9. The molecule has 1 aromatic heterocycles. The van der Waals surface area contributed by atoms with Gasteiger partial charge in [-0.1, -0.05) is 19.0 Å². The van der Waals surface area contributed by atoms with Crippen molar-refractivity contribution in [2.45, 2.75) is 71.4 Å². The van der Waals surface area contributed by atoms with Gasteiger partial charge in [0.15, 0.2) is 5.82 Å². The third kappa shape index (κ3) is 4.74. The predicted octanol–water partition coefficient (Wildman–Crippen LogP) is 2.65. The molecule has 3 fully saturated rings. The number of hydrogen-bond acceptors (Lipinski definition) is 6. The number of piperidine rings is 2. The number of rotatable bonds is 6. The molecule has 1 amide bonds. The number of likely N-dealkylation sites (tertiary alicyclic amines) is 2. The van der Waals surface area contributed by atoms with E-state index in [1.54, 1.807) is 0 Å². The average Bonchev–Trinajstić information content (AvgIpc) is 3.32. The molecule has 4 rings (SSSR count). The number of amides is 1. The van der Waals surface area contributed by atoms with Crippen LogP contribution in [0.15, 0.2) is 4.52 Å². The van der Waals surface area contributed by atoms with E-state index in [1.165, 1.54) is 0 Å². The first-order chi connectivity index (χ1) is 13.5. The summed E-state index contributed by atoms with van der Waals surface area (Å²) in [6, 6.07) is 0. The Kier molecular flexibility index (Phi) is 6.01. The summed E-state index contributed by atoms with van der Waals surface area (Å²) >= 11 is 0. The number of carbonyl (C=O) groups excluding carboxylic acids is 1. The quantitative estimate of drug-likeness (QED) is 0.744. The zero-order valence-corrected chi connectivity index (χ0v) is 17.4. The molecule has 3 aliphatic rings. The van der Waals surface area contributed by atoms with E-state index >= 15 is 0 Å². The second kappa shape index (κ2) is 8.49. The molecule has 4 heterocycles. The Morgan fingerprint density at radius 1 is 1.25 bits per heavy atom. The largest absolute Gasteiger partial charge is 0.376 e. The molecule has 0 bridgehead atoms. The topological polar surface area (TPSA) is 71.7 Å². The van der Waals surface area contributed by atoms with E-state index in [1.807, 2.05) is 0 Å². The van der Waals surface area contributed by atoms with Crippen molar-refractivity contribution < 1.29 is 14.1 Å². The molecule has 1 atom stereocenters. The molecule has 0 saturated carbocycles. The third-order valence-electron chi connectivity index (χ3n) is 6.57. The van der Waals surface area contributed by atoms with Crippen LogP contribution < -0.4 is 0 Å². The minimum Gasteiger partial charge on any atom is -0.376 e. The van der Waals surface area contributed by atoms with Crippen LogP contribution in [-0.2, 0) is 22.5 Å². The summed E-state index contributed by atoms with van der Waals surface area (Å²) in [4.78, 5) is 21.5. The lowest BCUT2D eigenvalue weighted by Crippen LogP contribution is -2.52. The van der Waals surface area contributed by atoms with Crippen LogP contribution in [0.1, 0.15) is 64.1 Å². The molecule has 1 spiro atoms. The maximum absolute atomic E-state index is 12.4. The van der Waals surface area contributed by atoms with E-state index < -0.39 is 0 Å². The number of hydrogen-bond donors (Lipinski definition) is 0. The maximum Gasteiger partial charge on any atom is 0.226 e. The standard InChI is InChI=1S/C21H34N4O3/c1-16(2)12-19-22-18(23-28-19)14-24-9-7-21(8-10-24)6-5-20(26)25(15-21)13-17-4-3-11-27-17/h16-17H,3-15H2,1-2H3. The van der Waals surface area contributed by atoms with Crippen molar-refractivity contribution in [2.24, 2.45) is 11.3 Å². The van der Waals surface area contributed by atoms with E-state index in [0.717, 1.165) is 89.6 Å². The van der Waals surface area contributed by atoms with Gasteiger partial charge in [-0.3, -0.25) is 9.69 Å². The summed E-state index contributed by atoms with van der Waals surface area (Å²) in [7, 11) is 0. The molecule has 0 radical (unpaired) electrons. The highest BCUT2D eigenvalue weighted by atomic mass is 16.5. The van der Waals surface area contributed by atoms with Gasteiger partial charge in [0.25, 0.3) is 0 Å². The normalized spacial score (nSPS) is 25.9. The van der Waals surface area contributed by atoms with Gasteiger partial charge in [0, 0.05) is 32.5 Å². The average molecular weight is 391 g/mol. The van der Waals surface area contributed by atoms with E-state index in [9.17, 15) is 4.79 Å². The number of carbonyl (C=O) groups is 1. The van der Waals surface area contributed by atoms with Crippen LogP contribution >= 0.6 is 0 Å². The molecule has 7 nitrogen and oxygen atoms in total. The van der Waals surface area contributed by atoms with Crippen LogP contribution in [0.4, 0.5) is 0 Å². The Morgan fingerprint density at radius 2 is 2.07 bits per heavy atom. The summed E-state index contributed by atoms with van der Waals surface area (Å²) in [5.74, 6) is 2.38. The van der Waals surface area contributed by atoms with Gasteiger partial charge in [0.05, 0.1) is 12.6 Å². The highest BCUT2D eigenvalue weighted by Crippen LogP contribution is 2.40.